The molecule has 1 aliphatic heterocycles. The Morgan fingerprint density at radius 2 is 2.18 bits per heavy atom. The van der Waals surface area contributed by atoms with Crippen LogP contribution in [0.3, 0.4) is 0 Å². The summed E-state index contributed by atoms with van der Waals surface area (Å²) in [5.41, 5.74) is 2.55. The Kier molecular flexibility index (Phi) is 5.81. The maximum Gasteiger partial charge on any atom is 0.0669 e. The molecule has 0 aliphatic carbocycles. The minimum absolute atomic E-state index is 0.0442. The van der Waals surface area contributed by atoms with E-state index < -0.39 is 0 Å². The lowest BCUT2D eigenvalue weighted by molar-refractivity contribution is 0.231. The van der Waals surface area contributed by atoms with Crippen molar-refractivity contribution in [2.24, 2.45) is 5.92 Å². The smallest absolute Gasteiger partial charge is 0.0669 e. The van der Waals surface area contributed by atoms with Crippen LogP contribution in [0.15, 0.2) is 24.3 Å². The van der Waals surface area contributed by atoms with Gasteiger partial charge in [-0.25, -0.2) is 0 Å². The summed E-state index contributed by atoms with van der Waals surface area (Å²) in [6.07, 6.45) is 3.46. The molecule has 0 saturated carbocycles. The van der Waals surface area contributed by atoms with Gasteiger partial charge in [-0.3, -0.25) is 4.90 Å². The normalized spacial score (nSPS) is 19.4. The van der Waals surface area contributed by atoms with E-state index in [9.17, 15) is 5.26 Å². The average molecular weight is 296 g/mol. The van der Waals surface area contributed by atoms with Crippen LogP contribution in [0.1, 0.15) is 37.3 Å². The summed E-state index contributed by atoms with van der Waals surface area (Å²) in [5, 5.41) is 18.0. The monoisotopic (exact) mass is 296 g/mol. The predicted octanol–water partition coefficient (Wildman–Crippen LogP) is 3.33. The third kappa shape index (κ3) is 4.00. The number of benzene rings is 1. The van der Waals surface area contributed by atoms with Gasteiger partial charge in [0.15, 0.2) is 0 Å². The van der Waals surface area contributed by atoms with Crippen LogP contribution in [0.2, 0.25) is 0 Å². The fourth-order valence-corrected chi connectivity index (χ4v) is 3.15. The van der Waals surface area contributed by atoms with Gasteiger partial charge in [0.1, 0.15) is 0 Å². The van der Waals surface area contributed by atoms with Crippen LogP contribution in [-0.2, 0) is 0 Å². The average Bonchev–Trinajstić information content (AvgIpc) is 2.99. The summed E-state index contributed by atoms with van der Waals surface area (Å²) < 4.78 is 0. The maximum atomic E-state index is 9.29. The molecule has 0 unspecified atom stereocenters. The van der Waals surface area contributed by atoms with Crippen LogP contribution in [0.25, 0.3) is 0 Å². The number of anilines is 1. The molecule has 1 aliphatic rings. The molecule has 4 heteroatoms. The summed E-state index contributed by atoms with van der Waals surface area (Å²) in [6.45, 7) is 1.82. The fraction of sp³-hybridized carbons (Fsp3) is 0.556. The molecule has 2 rings (SSSR count). The van der Waals surface area contributed by atoms with Gasteiger partial charge in [0.2, 0.25) is 0 Å². The summed E-state index contributed by atoms with van der Waals surface area (Å²) in [6, 6.07) is 13.6. The first-order valence-corrected chi connectivity index (χ1v) is 7.93. The summed E-state index contributed by atoms with van der Waals surface area (Å²) in [5.74, 6) is -0.0442. The van der Waals surface area contributed by atoms with Crippen molar-refractivity contribution in [1.29, 1.82) is 10.5 Å². The predicted molar refractivity (Wildman–Crippen MR) is 88.3 cm³/mol. The number of rotatable bonds is 6. The molecule has 1 fully saturated rings. The van der Waals surface area contributed by atoms with E-state index in [1.54, 1.807) is 0 Å². The van der Waals surface area contributed by atoms with Crippen molar-refractivity contribution < 1.29 is 0 Å². The van der Waals surface area contributed by atoms with Crippen LogP contribution in [0, 0.1) is 28.6 Å². The number of hydrogen-bond acceptors (Lipinski definition) is 4. The molecule has 1 heterocycles. The second-order valence-corrected chi connectivity index (χ2v) is 6.17. The Bertz CT molecular complexity index is 567. The van der Waals surface area contributed by atoms with Crippen molar-refractivity contribution in [1.82, 2.24) is 4.90 Å². The van der Waals surface area contributed by atoms with Gasteiger partial charge in [0.05, 0.1) is 18.1 Å². The van der Waals surface area contributed by atoms with Crippen molar-refractivity contribution in [2.45, 2.75) is 31.7 Å². The van der Waals surface area contributed by atoms with Gasteiger partial charge in [0.25, 0.3) is 0 Å². The van der Waals surface area contributed by atoms with E-state index in [-0.39, 0.29) is 5.92 Å². The second kappa shape index (κ2) is 7.82. The van der Waals surface area contributed by atoms with E-state index >= 15 is 0 Å². The summed E-state index contributed by atoms with van der Waals surface area (Å²) >= 11 is 0. The molecular formula is C18H24N4. The molecule has 0 amide bonds. The number of hydrogen-bond donors (Lipinski definition) is 0. The zero-order valence-corrected chi connectivity index (χ0v) is 13.5. The van der Waals surface area contributed by atoms with E-state index in [0.717, 1.165) is 19.5 Å². The molecule has 2 atom stereocenters. The third-order valence-electron chi connectivity index (χ3n) is 4.38. The van der Waals surface area contributed by atoms with Crippen LogP contribution in [-0.4, -0.2) is 32.1 Å². The highest BCUT2D eigenvalue weighted by Gasteiger charge is 2.28. The van der Waals surface area contributed by atoms with Gasteiger partial charge in [-0.15, -0.1) is 0 Å². The zero-order valence-electron chi connectivity index (χ0n) is 13.5. The van der Waals surface area contributed by atoms with Crippen molar-refractivity contribution in [2.75, 3.05) is 32.1 Å². The second-order valence-electron chi connectivity index (χ2n) is 6.17. The Labute approximate surface area is 133 Å². The maximum absolute atomic E-state index is 9.29. The number of likely N-dealkylation sites (tertiary alicyclic amines) is 1. The molecule has 4 nitrogen and oxygen atoms in total. The van der Waals surface area contributed by atoms with Crippen molar-refractivity contribution in [3.63, 3.8) is 0 Å². The third-order valence-corrected chi connectivity index (χ3v) is 4.38. The molecule has 0 spiro atoms. The summed E-state index contributed by atoms with van der Waals surface area (Å²) in [7, 11) is 4.11. The van der Waals surface area contributed by atoms with E-state index in [2.05, 4.69) is 60.3 Å². The minimum atomic E-state index is -0.0442. The van der Waals surface area contributed by atoms with E-state index in [4.69, 9.17) is 5.26 Å². The molecular weight excluding hydrogens is 272 g/mol. The highest BCUT2D eigenvalue weighted by Crippen LogP contribution is 2.34. The number of nitrogens with zero attached hydrogens (tertiary/aromatic N) is 4. The van der Waals surface area contributed by atoms with Gasteiger partial charge < -0.3 is 4.90 Å². The first kappa shape index (κ1) is 16.3. The van der Waals surface area contributed by atoms with Crippen molar-refractivity contribution in [3.05, 3.63) is 29.8 Å². The largest absolute Gasteiger partial charge is 0.378 e. The van der Waals surface area contributed by atoms with Gasteiger partial charge in [-0.1, -0.05) is 12.1 Å². The Morgan fingerprint density at radius 3 is 2.86 bits per heavy atom. The lowest BCUT2D eigenvalue weighted by Gasteiger charge is -2.27. The van der Waals surface area contributed by atoms with Crippen LogP contribution < -0.4 is 4.90 Å². The summed E-state index contributed by atoms with van der Waals surface area (Å²) in [4.78, 5) is 4.54. The minimum Gasteiger partial charge on any atom is -0.378 e. The zero-order chi connectivity index (χ0) is 15.9. The number of nitriles is 2. The van der Waals surface area contributed by atoms with Crippen LogP contribution in [0.4, 0.5) is 5.69 Å². The standard InChI is InChI=1S/C18H24N4/c1-21(2)17-8-3-7-16(12-17)18-9-5-11-22(18)14-15(13-20)6-4-10-19/h3,7-8,12,15,18H,4-6,9,11,14H2,1-2H3/t15-,18-/m1/s1. The molecule has 0 radical (unpaired) electrons. The SMILES string of the molecule is CN(C)c1cccc([C@H]2CCCN2C[C@@H](C#N)CCC#N)c1. The molecule has 1 saturated heterocycles. The molecule has 22 heavy (non-hydrogen) atoms. The molecule has 1 aromatic rings. The van der Waals surface area contributed by atoms with Crippen molar-refractivity contribution >= 4 is 5.69 Å². The van der Waals surface area contributed by atoms with Gasteiger partial charge >= 0.3 is 0 Å². The lowest BCUT2D eigenvalue weighted by atomic mass is 10.0. The van der Waals surface area contributed by atoms with E-state index in [0.29, 0.717) is 18.9 Å². The Hall–Kier alpha value is -2.04. The highest BCUT2D eigenvalue weighted by atomic mass is 15.2. The fourth-order valence-electron chi connectivity index (χ4n) is 3.15. The lowest BCUT2D eigenvalue weighted by Crippen LogP contribution is -2.29. The van der Waals surface area contributed by atoms with Gasteiger partial charge in [-0.05, 0) is 43.5 Å². The van der Waals surface area contributed by atoms with Crippen LogP contribution in [0.5, 0.6) is 0 Å². The molecule has 0 bridgehead atoms. The quantitative estimate of drug-likeness (QED) is 0.808. The van der Waals surface area contributed by atoms with Crippen LogP contribution >= 0.6 is 0 Å². The Balaban J connectivity index is 2.09. The van der Waals surface area contributed by atoms with Gasteiger partial charge in [0, 0.05) is 38.8 Å². The topological polar surface area (TPSA) is 54.1 Å². The van der Waals surface area contributed by atoms with E-state index in [1.807, 2.05) is 0 Å². The van der Waals surface area contributed by atoms with Gasteiger partial charge in [-0.2, -0.15) is 10.5 Å². The highest BCUT2D eigenvalue weighted by molar-refractivity contribution is 5.48. The molecule has 116 valence electrons. The molecule has 0 aromatic heterocycles. The Morgan fingerprint density at radius 1 is 1.36 bits per heavy atom. The molecule has 1 aromatic carbocycles. The molecule has 0 N–H and O–H groups in total. The first-order chi connectivity index (χ1) is 10.7. The van der Waals surface area contributed by atoms with E-state index in [1.165, 1.54) is 17.7 Å². The first-order valence-electron chi connectivity index (χ1n) is 7.93. The van der Waals surface area contributed by atoms with Crippen molar-refractivity contribution in [3.8, 4) is 12.1 Å².